The van der Waals surface area contributed by atoms with Crippen LogP contribution in [0.5, 0.6) is 0 Å². The maximum absolute atomic E-state index is 12.8. The normalized spacial score (nSPS) is 13.9. The molecule has 6 nitrogen and oxygen atoms in total. The molecule has 0 fully saturated rings. The van der Waals surface area contributed by atoms with Gasteiger partial charge in [-0.15, -0.1) is 11.3 Å². The van der Waals surface area contributed by atoms with Crippen molar-refractivity contribution in [3.05, 3.63) is 45.8 Å². The fraction of sp³-hybridized carbons (Fsp3) is 0.350. The van der Waals surface area contributed by atoms with E-state index in [-0.39, 0.29) is 11.8 Å². The highest BCUT2D eigenvalue weighted by molar-refractivity contribution is 7.16. The van der Waals surface area contributed by atoms with Gasteiger partial charge in [-0.25, -0.2) is 4.79 Å². The SMILES string of the molecule is CC(=O)Nc1sc(C)c(C)c1C(=O)OC(C)C(=O)N1CCc2ccccc21. The second-order valence-electron chi connectivity index (χ2n) is 6.58. The number of hydrogen-bond acceptors (Lipinski definition) is 5. The van der Waals surface area contributed by atoms with Crippen molar-refractivity contribution in [1.29, 1.82) is 0 Å². The molecule has 0 aliphatic carbocycles. The standard InChI is InChI=1S/C20H22N2O4S/c1-11-13(3)27-18(21-14(4)23)17(11)20(25)26-12(2)19(24)22-10-9-15-7-5-6-8-16(15)22/h5-8,12H,9-10H2,1-4H3,(H,21,23). The molecule has 1 N–H and O–H groups in total. The van der Waals surface area contributed by atoms with Crippen LogP contribution in [0.4, 0.5) is 10.7 Å². The summed E-state index contributed by atoms with van der Waals surface area (Å²) < 4.78 is 5.47. The summed E-state index contributed by atoms with van der Waals surface area (Å²) >= 11 is 1.32. The first kappa shape index (κ1) is 19.1. The third-order valence-electron chi connectivity index (χ3n) is 4.66. The van der Waals surface area contributed by atoms with Gasteiger partial charge in [-0.05, 0) is 44.4 Å². The summed E-state index contributed by atoms with van der Waals surface area (Å²) in [5, 5.41) is 3.12. The summed E-state index contributed by atoms with van der Waals surface area (Å²) in [6.45, 7) is 7.22. The number of thiophene rings is 1. The molecule has 0 saturated heterocycles. The fourth-order valence-corrected chi connectivity index (χ4v) is 4.27. The van der Waals surface area contributed by atoms with Gasteiger partial charge in [-0.3, -0.25) is 9.59 Å². The van der Waals surface area contributed by atoms with Crippen molar-refractivity contribution in [1.82, 2.24) is 0 Å². The average Bonchev–Trinajstić information content (AvgIpc) is 3.15. The van der Waals surface area contributed by atoms with Gasteiger partial charge in [0.15, 0.2) is 6.10 Å². The molecule has 142 valence electrons. The van der Waals surface area contributed by atoms with Gasteiger partial charge in [0.25, 0.3) is 5.91 Å². The number of nitrogens with zero attached hydrogens (tertiary/aromatic N) is 1. The Morgan fingerprint density at radius 3 is 2.63 bits per heavy atom. The summed E-state index contributed by atoms with van der Waals surface area (Å²) in [6, 6.07) is 7.73. The van der Waals surface area contributed by atoms with E-state index in [0.717, 1.165) is 28.1 Å². The summed E-state index contributed by atoms with van der Waals surface area (Å²) in [5.41, 5.74) is 3.04. The molecule has 2 amide bonds. The second kappa shape index (κ2) is 7.52. The predicted molar refractivity (Wildman–Crippen MR) is 105 cm³/mol. The van der Waals surface area contributed by atoms with Crippen molar-refractivity contribution in [2.75, 3.05) is 16.8 Å². The van der Waals surface area contributed by atoms with Crippen LogP contribution >= 0.6 is 11.3 Å². The molecule has 1 atom stereocenters. The lowest BCUT2D eigenvalue weighted by atomic mass is 10.1. The van der Waals surface area contributed by atoms with Crippen LogP contribution in [0.2, 0.25) is 0 Å². The van der Waals surface area contributed by atoms with Gasteiger partial charge >= 0.3 is 5.97 Å². The third kappa shape index (κ3) is 3.73. The molecular formula is C20H22N2O4S. The lowest BCUT2D eigenvalue weighted by Crippen LogP contribution is -2.39. The number of anilines is 2. The Balaban J connectivity index is 1.77. The van der Waals surface area contributed by atoms with E-state index >= 15 is 0 Å². The number of aryl methyl sites for hydroxylation is 1. The van der Waals surface area contributed by atoms with Crippen LogP contribution < -0.4 is 10.2 Å². The molecule has 27 heavy (non-hydrogen) atoms. The van der Waals surface area contributed by atoms with E-state index < -0.39 is 12.1 Å². The molecule has 0 saturated carbocycles. The van der Waals surface area contributed by atoms with Crippen molar-refractivity contribution >= 4 is 39.8 Å². The van der Waals surface area contributed by atoms with Crippen LogP contribution in [0, 0.1) is 13.8 Å². The Morgan fingerprint density at radius 1 is 1.22 bits per heavy atom. The van der Waals surface area contributed by atoms with Crippen molar-refractivity contribution in [3.8, 4) is 0 Å². The molecule has 0 radical (unpaired) electrons. The van der Waals surface area contributed by atoms with Crippen molar-refractivity contribution in [3.63, 3.8) is 0 Å². The zero-order chi connectivity index (χ0) is 19.7. The lowest BCUT2D eigenvalue weighted by Gasteiger charge is -2.22. The molecule has 2 aromatic rings. The first-order valence-electron chi connectivity index (χ1n) is 8.77. The summed E-state index contributed by atoms with van der Waals surface area (Å²) in [4.78, 5) is 39.5. The van der Waals surface area contributed by atoms with E-state index in [1.54, 1.807) is 18.7 Å². The average molecular weight is 386 g/mol. The van der Waals surface area contributed by atoms with E-state index in [4.69, 9.17) is 4.74 Å². The minimum absolute atomic E-state index is 0.251. The Kier molecular flexibility index (Phi) is 5.32. The van der Waals surface area contributed by atoms with Gasteiger partial charge < -0.3 is 15.0 Å². The number of fused-ring (bicyclic) bond motifs is 1. The highest BCUT2D eigenvalue weighted by atomic mass is 32.1. The smallest absolute Gasteiger partial charge is 0.342 e. The van der Waals surface area contributed by atoms with Crippen molar-refractivity contribution in [2.24, 2.45) is 0 Å². The zero-order valence-electron chi connectivity index (χ0n) is 15.8. The molecule has 3 rings (SSSR count). The van der Waals surface area contributed by atoms with Crippen molar-refractivity contribution in [2.45, 2.75) is 40.2 Å². The topological polar surface area (TPSA) is 75.7 Å². The van der Waals surface area contributed by atoms with Gasteiger partial charge in [0, 0.05) is 24.0 Å². The molecule has 1 aromatic heterocycles. The zero-order valence-corrected chi connectivity index (χ0v) is 16.6. The Hall–Kier alpha value is -2.67. The van der Waals surface area contributed by atoms with E-state index in [1.807, 2.05) is 31.2 Å². The molecule has 0 spiro atoms. The number of carbonyl (C=O) groups is 3. The van der Waals surface area contributed by atoms with E-state index in [9.17, 15) is 14.4 Å². The summed E-state index contributed by atoms with van der Waals surface area (Å²) in [5.74, 6) is -1.11. The second-order valence-corrected chi connectivity index (χ2v) is 7.81. The van der Waals surface area contributed by atoms with Crippen LogP contribution in [0.25, 0.3) is 0 Å². The van der Waals surface area contributed by atoms with E-state index in [1.165, 1.54) is 18.3 Å². The number of hydrogen-bond donors (Lipinski definition) is 1. The van der Waals surface area contributed by atoms with E-state index in [2.05, 4.69) is 5.32 Å². The minimum atomic E-state index is -0.923. The molecular weight excluding hydrogens is 364 g/mol. The predicted octanol–water partition coefficient (Wildman–Crippen LogP) is 3.46. The van der Waals surface area contributed by atoms with Gasteiger partial charge in [-0.2, -0.15) is 0 Å². The fourth-order valence-electron chi connectivity index (χ4n) is 3.18. The molecule has 7 heteroatoms. The third-order valence-corrected chi connectivity index (χ3v) is 5.79. The Bertz CT molecular complexity index is 919. The number of amides is 2. The number of ether oxygens (including phenoxy) is 1. The van der Waals surface area contributed by atoms with Gasteiger partial charge in [0.1, 0.15) is 5.00 Å². The van der Waals surface area contributed by atoms with Gasteiger partial charge in [-0.1, -0.05) is 18.2 Å². The largest absolute Gasteiger partial charge is 0.449 e. The number of nitrogens with one attached hydrogen (secondary N) is 1. The molecule has 0 bridgehead atoms. The number of rotatable bonds is 4. The summed E-state index contributed by atoms with van der Waals surface area (Å²) in [7, 11) is 0. The van der Waals surface area contributed by atoms with Crippen LogP contribution in [-0.4, -0.2) is 30.4 Å². The van der Waals surface area contributed by atoms with Crippen LogP contribution in [0.15, 0.2) is 24.3 Å². The first-order chi connectivity index (χ1) is 12.8. The molecule has 1 unspecified atom stereocenters. The highest BCUT2D eigenvalue weighted by Crippen LogP contribution is 2.33. The van der Waals surface area contributed by atoms with Gasteiger partial charge in [0.2, 0.25) is 5.91 Å². The maximum atomic E-state index is 12.8. The number of para-hydroxylation sites is 1. The molecule has 1 aliphatic rings. The quantitative estimate of drug-likeness (QED) is 0.817. The minimum Gasteiger partial charge on any atom is -0.449 e. The highest BCUT2D eigenvalue weighted by Gasteiger charge is 2.31. The molecule has 1 aliphatic heterocycles. The Labute approximate surface area is 162 Å². The monoisotopic (exact) mass is 386 g/mol. The lowest BCUT2D eigenvalue weighted by molar-refractivity contribution is -0.126. The number of carbonyl (C=O) groups excluding carboxylic acids is 3. The maximum Gasteiger partial charge on any atom is 0.342 e. The van der Waals surface area contributed by atoms with Crippen molar-refractivity contribution < 1.29 is 19.1 Å². The molecule has 2 heterocycles. The summed E-state index contributed by atoms with van der Waals surface area (Å²) in [6.07, 6.45) is -0.133. The Morgan fingerprint density at radius 2 is 1.93 bits per heavy atom. The number of esters is 1. The molecule has 1 aromatic carbocycles. The van der Waals surface area contributed by atoms with E-state index in [0.29, 0.717) is 17.1 Å². The van der Waals surface area contributed by atoms with Crippen LogP contribution in [-0.2, 0) is 20.7 Å². The number of benzene rings is 1. The van der Waals surface area contributed by atoms with Crippen LogP contribution in [0.3, 0.4) is 0 Å². The van der Waals surface area contributed by atoms with Gasteiger partial charge in [0.05, 0.1) is 5.56 Å². The first-order valence-corrected chi connectivity index (χ1v) is 9.59. The van der Waals surface area contributed by atoms with Crippen LogP contribution in [0.1, 0.15) is 40.2 Å².